The predicted molar refractivity (Wildman–Crippen MR) is 73.6 cm³/mol. The summed E-state index contributed by atoms with van der Waals surface area (Å²) in [5.74, 6) is 0.509. The van der Waals surface area contributed by atoms with E-state index in [4.69, 9.17) is 4.74 Å². The fraction of sp³-hybridized carbons (Fsp3) is 0.625. The van der Waals surface area contributed by atoms with E-state index in [2.05, 4.69) is 5.32 Å². The Labute approximate surface area is 114 Å². The second-order valence-electron chi connectivity index (χ2n) is 5.97. The number of rotatable bonds is 2. The van der Waals surface area contributed by atoms with Crippen molar-refractivity contribution in [3.05, 3.63) is 35.6 Å². The second-order valence-corrected chi connectivity index (χ2v) is 5.97. The molecule has 1 aromatic rings. The van der Waals surface area contributed by atoms with Gasteiger partial charge in [-0.25, -0.2) is 4.39 Å². The summed E-state index contributed by atoms with van der Waals surface area (Å²) in [6.45, 7) is 2.99. The van der Waals surface area contributed by atoms with E-state index in [1.54, 1.807) is 6.07 Å². The van der Waals surface area contributed by atoms with Gasteiger partial charge in [0.15, 0.2) is 0 Å². The third-order valence-electron chi connectivity index (χ3n) is 4.52. The van der Waals surface area contributed by atoms with Crippen molar-refractivity contribution in [1.29, 1.82) is 0 Å². The molecule has 3 rings (SSSR count). The van der Waals surface area contributed by atoms with Gasteiger partial charge in [0.05, 0.1) is 5.60 Å². The lowest BCUT2D eigenvalue weighted by Gasteiger charge is -2.43. The average molecular weight is 263 g/mol. The summed E-state index contributed by atoms with van der Waals surface area (Å²) in [6, 6.07) is 7.03. The van der Waals surface area contributed by atoms with Crippen molar-refractivity contribution in [1.82, 2.24) is 5.32 Å². The highest BCUT2D eigenvalue weighted by Crippen LogP contribution is 2.37. The van der Waals surface area contributed by atoms with Crippen molar-refractivity contribution >= 4 is 0 Å². The molecule has 2 aliphatic heterocycles. The first-order chi connectivity index (χ1) is 9.26. The monoisotopic (exact) mass is 263 g/mol. The molecule has 2 fully saturated rings. The van der Waals surface area contributed by atoms with E-state index in [0.29, 0.717) is 5.92 Å². The maximum Gasteiger partial charge on any atom is 0.123 e. The van der Waals surface area contributed by atoms with Crippen LogP contribution in [0.2, 0.25) is 0 Å². The van der Waals surface area contributed by atoms with Gasteiger partial charge in [0.1, 0.15) is 5.82 Å². The summed E-state index contributed by atoms with van der Waals surface area (Å²) < 4.78 is 19.3. The van der Waals surface area contributed by atoms with Crippen LogP contribution in [0.4, 0.5) is 4.39 Å². The third-order valence-corrected chi connectivity index (χ3v) is 4.52. The second kappa shape index (κ2) is 5.59. The van der Waals surface area contributed by atoms with E-state index in [1.807, 2.05) is 12.1 Å². The molecule has 1 atom stereocenters. The zero-order valence-corrected chi connectivity index (χ0v) is 11.3. The molecule has 1 N–H and O–H groups in total. The van der Waals surface area contributed by atoms with Gasteiger partial charge in [-0.1, -0.05) is 12.1 Å². The van der Waals surface area contributed by atoms with E-state index < -0.39 is 0 Å². The van der Waals surface area contributed by atoms with E-state index in [9.17, 15) is 4.39 Å². The molecule has 0 saturated carbocycles. The van der Waals surface area contributed by atoms with Crippen molar-refractivity contribution in [3.63, 3.8) is 0 Å². The molecule has 0 unspecified atom stereocenters. The lowest BCUT2D eigenvalue weighted by Crippen LogP contribution is -2.48. The van der Waals surface area contributed by atoms with Crippen molar-refractivity contribution in [2.45, 2.75) is 37.7 Å². The first kappa shape index (κ1) is 13.1. The number of benzene rings is 1. The molecular formula is C16H22FNO. The lowest BCUT2D eigenvalue weighted by molar-refractivity contribution is -0.113. The van der Waals surface area contributed by atoms with E-state index in [0.717, 1.165) is 57.4 Å². The van der Waals surface area contributed by atoms with Gasteiger partial charge in [-0.05, 0) is 68.8 Å². The smallest absolute Gasteiger partial charge is 0.123 e. The van der Waals surface area contributed by atoms with Crippen LogP contribution in [-0.4, -0.2) is 25.3 Å². The number of hydrogen-bond donors (Lipinski definition) is 1. The van der Waals surface area contributed by atoms with Crippen LogP contribution in [0.25, 0.3) is 0 Å². The van der Waals surface area contributed by atoms with Gasteiger partial charge in [-0.15, -0.1) is 0 Å². The van der Waals surface area contributed by atoms with E-state index in [1.165, 1.54) is 6.07 Å². The Morgan fingerprint density at radius 3 is 2.95 bits per heavy atom. The Balaban J connectivity index is 1.65. The zero-order chi connectivity index (χ0) is 13.1. The molecule has 2 aliphatic rings. The summed E-state index contributed by atoms with van der Waals surface area (Å²) in [5, 5.41) is 3.40. The van der Waals surface area contributed by atoms with Crippen LogP contribution < -0.4 is 5.32 Å². The highest BCUT2D eigenvalue weighted by atomic mass is 19.1. The van der Waals surface area contributed by atoms with Crippen LogP contribution in [0.3, 0.4) is 0 Å². The first-order valence-electron chi connectivity index (χ1n) is 7.35. The summed E-state index contributed by atoms with van der Waals surface area (Å²) >= 11 is 0. The fourth-order valence-electron chi connectivity index (χ4n) is 3.53. The Kier molecular flexibility index (Phi) is 3.85. The van der Waals surface area contributed by atoms with Gasteiger partial charge >= 0.3 is 0 Å². The molecule has 0 amide bonds. The summed E-state index contributed by atoms with van der Waals surface area (Å²) in [5.41, 5.74) is 1.22. The molecule has 2 nitrogen and oxygen atoms in total. The van der Waals surface area contributed by atoms with Crippen LogP contribution in [0.1, 0.15) is 31.2 Å². The topological polar surface area (TPSA) is 21.3 Å². The van der Waals surface area contributed by atoms with Crippen molar-refractivity contribution in [2.75, 3.05) is 19.7 Å². The Morgan fingerprint density at radius 1 is 1.32 bits per heavy atom. The molecule has 2 saturated heterocycles. The highest BCUT2D eigenvalue weighted by Gasteiger charge is 2.38. The minimum atomic E-state index is -0.124. The van der Waals surface area contributed by atoms with Crippen molar-refractivity contribution in [3.8, 4) is 0 Å². The standard InChI is InChI=1S/C16H22FNO/c17-15-3-1-2-13(11-15)10-14-4-9-19-16(12-14)5-7-18-8-6-16/h1-3,11,14,18H,4-10,12H2/t14-/m0/s1. The van der Waals surface area contributed by atoms with Crippen LogP contribution in [-0.2, 0) is 11.2 Å². The fourth-order valence-corrected chi connectivity index (χ4v) is 3.53. The minimum absolute atomic E-state index is 0.0987. The largest absolute Gasteiger partial charge is 0.375 e. The predicted octanol–water partition coefficient (Wildman–Crippen LogP) is 2.92. The number of halogens is 1. The van der Waals surface area contributed by atoms with Gasteiger partial charge < -0.3 is 10.1 Å². The molecule has 0 aromatic heterocycles. The minimum Gasteiger partial charge on any atom is -0.375 e. The molecule has 1 aromatic carbocycles. The molecule has 19 heavy (non-hydrogen) atoms. The Bertz CT molecular complexity index is 423. The number of piperidine rings is 1. The molecule has 1 spiro atoms. The SMILES string of the molecule is Fc1cccc(C[C@@H]2CCOC3(CCNCC3)C2)c1. The number of hydrogen-bond acceptors (Lipinski definition) is 2. The number of ether oxygens (including phenoxy) is 1. The van der Waals surface area contributed by atoms with Gasteiger partial charge in [0.2, 0.25) is 0 Å². The van der Waals surface area contributed by atoms with Crippen LogP contribution in [0, 0.1) is 11.7 Å². The summed E-state index contributed by atoms with van der Waals surface area (Å²) in [4.78, 5) is 0. The number of nitrogens with one attached hydrogen (secondary N) is 1. The molecule has 0 aliphatic carbocycles. The van der Waals surface area contributed by atoms with Gasteiger partial charge in [0, 0.05) is 6.61 Å². The highest BCUT2D eigenvalue weighted by molar-refractivity contribution is 5.17. The van der Waals surface area contributed by atoms with Gasteiger partial charge in [-0.2, -0.15) is 0 Å². The van der Waals surface area contributed by atoms with Crippen molar-refractivity contribution in [2.24, 2.45) is 5.92 Å². The molecule has 104 valence electrons. The van der Waals surface area contributed by atoms with Crippen molar-refractivity contribution < 1.29 is 9.13 Å². The summed E-state index contributed by atoms with van der Waals surface area (Å²) in [6.07, 6.45) is 5.45. The molecule has 0 radical (unpaired) electrons. The Morgan fingerprint density at radius 2 is 2.16 bits per heavy atom. The van der Waals surface area contributed by atoms with E-state index in [-0.39, 0.29) is 11.4 Å². The molecule has 2 heterocycles. The molecule has 0 bridgehead atoms. The van der Waals surface area contributed by atoms with E-state index >= 15 is 0 Å². The van der Waals surface area contributed by atoms with Crippen LogP contribution in [0.15, 0.2) is 24.3 Å². The maximum absolute atomic E-state index is 13.2. The lowest BCUT2D eigenvalue weighted by atomic mass is 9.78. The maximum atomic E-state index is 13.2. The molecular weight excluding hydrogens is 241 g/mol. The van der Waals surface area contributed by atoms with Crippen LogP contribution >= 0.6 is 0 Å². The van der Waals surface area contributed by atoms with Gasteiger partial charge in [-0.3, -0.25) is 0 Å². The summed E-state index contributed by atoms with van der Waals surface area (Å²) in [7, 11) is 0. The van der Waals surface area contributed by atoms with Gasteiger partial charge in [0.25, 0.3) is 0 Å². The Hall–Kier alpha value is -0.930. The van der Waals surface area contributed by atoms with Crippen LogP contribution in [0.5, 0.6) is 0 Å². The molecule has 3 heteroatoms. The average Bonchev–Trinajstić information content (AvgIpc) is 2.40. The third kappa shape index (κ3) is 3.15. The quantitative estimate of drug-likeness (QED) is 0.886. The normalized spacial score (nSPS) is 26.5. The zero-order valence-electron chi connectivity index (χ0n) is 11.3. The first-order valence-corrected chi connectivity index (χ1v) is 7.35.